The first-order valence-electron chi connectivity index (χ1n) is 7.03. The fourth-order valence-electron chi connectivity index (χ4n) is 1.96. The summed E-state index contributed by atoms with van der Waals surface area (Å²) in [6, 6.07) is 11.1. The lowest BCUT2D eigenvalue weighted by atomic mass is 10.1. The van der Waals surface area contributed by atoms with E-state index in [2.05, 4.69) is 10.0 Å². The van der Waals surface area contributed by atoms with E-state index in [9.17, 15) is 18.3 Å². The standard InChI is InChI=1S/C16H18N2O4S/c1-3-23(21,22)18-14-9-8-12(10-11(14)2)17-16(20)13-6-4-5-7-15(13)19/h4-10,18-19H,3H2,1-2H3,(H,17,20). The van der Waals surface area contributed by atoms with E-state index in [0.29, 0.717) is 16.9 Å². The number of nitrogens with one attached hydrogen (secondary N) is 2. The van der Waals surface area contributed by atoms with E-state index in [0.717, 1.165) is 0 Å². The van der Waals surface area contributed by atoms with Crippen LogP contribution in [-0.4, -0.2) is 25.2 Å². The number of carbonyl (C=O) groups excluding carboxylic acids is 1. The van der Waals surface area contributed by atoms with Crippen LogP contribution in [0.5, 0.6) is 5.75 Å². The van der Waals surface area contributed by atoms with Gasteiger partial charge in [-0.3, -0.25) is 9.52 Å². The highest BCUT2D eigenvalue weighted by Gasteiger charge is 2.12. The smallest absolute Gasteiger partial charge is 0.259 e. The van der Waals surface area contributed by atoms with Gasteiger partial charge in [0.05, 0.1) is 17.0 Å². The minimum absolute atomic E-state index is 0.0157. The molecule has 2 aromatic carbocycles. The van der Waals surface area contributed by atoms with Crippen molar-refractivity contribution in [3.05, 3.63) is 53.6 Å². The Bertz CT molecular complexity index is 832. The van der Waals surface area contributed by atoms with Crippen molar-refractivity contribution < 1.29 is 18.3 Å². The van der Waals surface area contributed by atoms with Crippen LogP contribution >= 0.6 is 0 Å². The third-order valence-corrected chi connectivity index (χ3v) is 4.57. The molecule has 0 fully saturated rings. The van der Waals surface area contributed by atoms with Gasteiger partial charge in [-0.25, -0.2) is 8.42 Å². The van der Waals surface area contributed by atoms with E-state index in [1.807, 2.05) is 0 Å². The molecule has 0 spiro atoms. The number of benzene rings is 2. The SMILES string of the molecule is CCS(=O)(=O)Nc1ccc(NC(=O)c2ccccc2O)cc1C. The summed E-state index contributed by atoms with van der Waals surface area (Å²) in [5, 5.41) is 12.3. The van der Waals surface area contributed by atoms with E-state index in [4.69, 9.17) is 0 Å². The van der Waals surface area contributed by atoms with Crippen molar-refractivity contribution in [2.75, 3.05) is 15.8 Å². The van der Waals surface area contributed by atoms with Crippen LogP contribution in [0.2, 0.25) is 0 Å². The lowest BCUT2D eigenvalue weighted by Crippen LogP contribution is -2.16. The molecule has 122 valence electrons. The third-order valence-electron chi connectivity index (χ3n) is 3.28. The summed E-state index contributed by atoms with van der Waals surface area (Å²) in [7, 11) is -3.35. The van der Waals surface area contributed by atoms with E-state index >= 15 is 0 Å². The number of hydrogen-bond donors (Lipinski definition) is 3. The Morgan fingerprint density at radius 2 is 1.87 bits per heavy atom. The van der Waals surface area contributed by atoms with Crippen LogP contribution in [0.15, 0.2) is 42.5 Å². The minimum Gasteiger partial charge on any atom is -0.507 e. The Balaban J connectivity index is 2.18. The van der Waals surface area contributed by atoms with Crippen LogP contribution in [0.25, 0.3) is 0 Å². The lowest BCUT2D eigenvalue weighted by molar-refractivity contribution is 0.102. The Hall–Kier alpha value is -2.54. The van der Waals surface area contributed by atoms with Crippen molar-refractivity contribution in [3.63, 3.8) is 0 Å². The fourth-order valence-corrected chi connectivity index (χ4v) is 2.67. The molecule has 3 N–H and O–H groups in total. The monoisotopic (exact) mass is 334 g/mol. The van der Waals surface area contributed by atoms with Gasteiger partial charge in [0, 0.05) is 5.69 Å². The number of rotatable bonds is 5. The van der Waals surface area contributed by atoms with Gasteiger partial charge in [-0.2, -0.15) is 0 Å². The molecule has 0 aliphatic heterocycles. The number of aryl methyl sites for hydroxylation is 1. The quantitative estimate of drug-likeness (QED) is 0.783. The molecule has 0 atom stereocenters. The Labute approximate surface area is 135 Å². The molecule has 2 rings (SSSR count). The Kier molecular flexibility index (Phi) is 4.90. The second-order valence-corrected chi connectivity index (χ2v) is 7.02. The molecule has 0 aliphatic carbocycles. The average Bonchev–Trinajstić information content (AvgIpc) is 2.50. The van der Waals surface area contributed by atoms with Crippen LogP contribution in [0.3, 0.4) is 0 Å². The molecule has 0 saturated carbocycles. The first-order valence-corrected chi connectivity index (χ1v) is 8.68. The molecule has 1 amide bonds. The van der Waals surface area contributed by atoms with Crippen molar-refractivity contribution in [1.82, 2.24) is 0 Å². The molecule has 0 aromatic heterocycles. The Morgan fingerprint density at radius 3 is 2.48 bits per heavy atom. The maximum Gasteiger partial charge on any atom is 0.259 e. The lowest BCUT2D eigenvalue weighted by Gasteiger charge is -2.12. The van der Waals surface area contributed by atoms with Gasteiger partial charge in [-0.05, 0) is 49.7 Å². The third kappa shape index (κ3) is 4.23. The second kappa shape index (κ2) is 6.70. The van der Waals surface area contributed by atoms with Gasteiger partial charge >= 0.3 is 0 Å². The maximum absolute atomic E-state index is 12.1. The van der Waals surface area contributed by atoms with Crippen molar-refractivity contribution in [2.45, 2.75) is 13.8 Å². The number of amides is 1. The zero-order valence-corrected chi connectivity index (χ0v) is 13.6. The number of anilines is 2. The highest BCUT2D eigenvalue weighted by molar-refractivity contribution is 7.92. The summed E-state index contributed by atoms with van der Waals surface area (Å²) in [4.78, 5) is 12.1. The second-order valence-electron chi connectivity index (χ2n) is 5.01. The van der Waals surface area contributed by atoms with E-state index < -0.39 is 15.9 Å². The van der Waals surface area contributed by atoms with Gasteiger partial charge in [-0.1, -0.05) is 12.1 Å². The first kappa shape index (κ1) is 16.8. The number of phenols is 1. The molecule has 0 aliphatic rings. The predicted molar refractivity (Wildman–Crippen MR) is 90.3 cm³/mol. The first-order chi connectivity index (χ1) is 10.8. The van der Waals surface area contributed by atoms with Crippen molar-refractivity contribution in [2.24, 2.45) is 0 Å². The van der Waals surface area contributed by atoms with Crippen molar-refractivity contribution in [3.8, 4) is 5.75 Å². The van der Waals surface area contributed by atoms with Crippen LogP contribution in [0.4, 0.5) is 11.4 Å². The van der Waals surface area contributed by atoms with Gasteiger partial charge in [0.1, 0.15) is 5.75 Å². The molecule has 6 nitrogen and oxygen atoms in total. The fraction of sp³-hybridized carbons (Fsp3) is 0.188. The molecule has 0 radical (unpaired) electrons. The van der Waals surface area contributed by atoms with Crippen LogP contribution < -0.4 is 10.0 Å². The zero-order chi connectivity index (χ0) is 17.0. The number of aromatic hydroxyl groups is 1. The number of para-hydroxylation sites is 1. The summed E-state index contributed by atoms with van der Waals surface area (Å²) in [5.41, 5.74) is 1.82. The van der Waals surface area contributed by atoms with Gasteiger partial charge in [0.25, 0.3) is 5.91 Å². The summed E-state index contributed by atoms with van der Waals surface area (Å²) in [6.07, 6.45) is 0. The number of phenolic OH excluding ortho intramolecular Hbond substituents is 1. The topological polar surface area (TPSA) is 95.5 Å². The van der Waals surface area contributed by atoms with Crippen molar-refractivity contribution >= 4 is 27.3 Å². The summed E-state index contributed by atoms with van der Waals surface area (Å²) in [6.45, 7) is 3.29. The van der Waals surface area contributed by atoms with Gasteiger partial charge < -0.3 is 10.4 Å². The highest BCUT2D eigenvalue weighted by Crippen LogP contribution is 2.22. The number of hydrogen-bond acceptors (Lipinski definition) is 4. The summed E-state index contributed by atoms with van der Waals surface area (Å²) in [5.74, 6) is -0.559. The maximum atomic E-state index is 12.1. The van der Waals surface area contributed by atoms with Crippen LogP contribution in [0, 0.1) is 6.92 Å². The van der Waals surface area contributed by atoms with E-state index in [1.54, 1.807) is 44.2 Å². The normalized spacial score (nSPS) is 11.0. The Morgan fingerprint density at radius 1 is 1.17 bits per heavy atom. The molecular formula is C16H18N2O4S. The summed E-state index contributed by atoms with van der Waals surface area (Å²) < 4.78 is 25.7. The van der Waals surface area contributed by atoms with Gasteiger partial charge in [0.15, 0.2) is 0 Å². The number of sulfonamides is 1. The average molecular weight is 334 g/mol. The van der Waals surface area contributed by atoms with E-state index in [-0.39, 0.29) is 17.1 Å². The van der Waals surface area contributed by atoms with Crippen LogP contribution in [0.1, 0.15) is 22.8 Å². The van der Waals surface area contributed by atoms with Gasteiger partial charge in [0.2, 0.25) is 10.0 Å². The molecule has 0 unspecified atom stereocenters. The predicted octanol–water partition coefficient (Wildman–Crippen LogP) is 2.71. The molecule has 0 bridgehead atoms. The molecule has 0 heterocycles. The van der Waals surface area contributed by atoms with Gasteiger partial charge in [-0.15, -0.1) is 0 Å². The van der Waals surface area contributed by atoms with E-state index in [1.165, 1.54) is 12.1 Å². The molecular weight excluding hydrogens is 316 g/mol. The highest BCUT2D eigenvalue weighted by atomic mass is 32.2. The molecule has 7 heteroatoms. The van der Waals surface area contributed by atoms with Crippen molar-refractivity contribution in [1.29, 1.82) is 0 Å². The molecule has 0 saturated heterocycles. The molecule has 2 aromatic rings. The minimum atomic E-state index is -3.35. The van der Waals surface area contributed by atoms with Crippen LogP contribution in [-0.2, 0) is 10.0 Å². The summed E-state index contributed by atoms with van der Waals surface area (Å²) >= 11 is 0. The number of carbonyl (C=O) groups is 1. The molecule has 23 heavy (non-hydrogen) atoms. The zero-order valence-electron chi connectivity index (χ0n) is 12.8. The largest absolute Gasteiger partial charge is 0.507 e.